The summed E-state index contributed by atoms with van der Waals surface area (Å²) >= 11 is 3.05. The van der Waals surface area contributed by atoms with Crippen LogP contribution >= 0.6 is 15.9 Å². The number of hydrogen-bond donors (Lipinski definition) is 1. The molecule has 0 bridgehead atoms. The predicted octanol–water partition coefficient (Wildman–Crippen LogP) is 2.73. The van der Waals surface area contributed by atoms with Gasteiger partial charge in [-0.05, 0) is 34.0 Å². The number of hydrogen-bond acceptors (Lipinski definition) is 1. The Morgan fingerprint density at radius 2 is 2.18 bits per heavy atom. The van der Waals surface area contributed by atoms with Gasteiger partial charge in [0.25, 0.3) is 0 Å². The number of halogens is 2. The van der Waals surface area contributed by atoms with Gasteiger partial charge >= 0.3 is 0 Å². The van der Waals surface area contributed by atoms with Crippen molar-refractivity contribution in [2.75, 3.05) is 5.73 Å². The Hall–Kier alpha value is -0.570. The lowest BCUT2D eigenvalue weighted by Crippen LogP contribution is -1.97. The van der Waals surface area contributed by atoms with Crippen molar-refractivity contribution in [1.29, 1.82) is 0 Å². The largest absolute Gasteiger partial charge is 0.396 e. The first-order valence-electron chi connectivity index (χ1n) is 3.39. The molecule has 0 saturated heterocycles. The molecule has 60 valence electrons. The zero-order chi connectivity index (χ0) is 8.43. The average Bonchev–Trinajstić information content (AvgIpc) is 2.01. The van der Waals surface area contributed by atoms with Crippen LogP contribution in [0.15, 0.2) is 16.6 Å². The maximum Gasteiger partial charge on any atom is 0.160 e. The molecule has 0 aliphatic carbocycles. The van der Waals surface area contributed by atoms with Crippen LogP contribution in [-0.2, 0) is 6.42 Å². The minimum Gasteiger partial charge on any atom is -0.396 e. The molecule has 11 heavy (non-hydrogen) atoms. The fraction of sp³-hybridized carbons (Fsp3) is 0.250. The van der Waals surface area contributed by atoms with Crippen LogP contribution in [0.5, 0.6) is 0 Å². The van der Waals surface area contributed by atoms with Crippen LogP contribution in [0.25, 0.3) is 0 Å². The fourth-order valence-corrected chi connectivity index (χ4v) is 1.26. The highest BCUT2D eigenvalue weighted by molar-refractivity contribution is 9.10. The first-order valence-corrected chi connectivity index (χ1v) is 4.18. The molecule has 0 fully saturated rings. The number of rotatable bonds is 1. The van der Waals surface area contributed by atoms with Gasteiger partial charge < -0.3 is 5.73 Å². The van der Waals surface area contributed by atoms with Crippen molar-refractivity contribution >= 4 is 21.6 Å². The van der Waals surface area contributed by atoms with Gasteiger partial charge in [-0.1, -0.05) is 13.0 Å². The molecule has 1 aromatic rings. The van der Waals surface area contributed by atoms with Gasteiger partial charge in [-0.3, -0.25) is 0 Å². The number of nitrogens with two attached hydrogens (primary N) is 1. The van der Waals surface area contributed by atoms with Gasteiger partial charge in [-0.15, -0.1) is 0 Å². The van der Waals surface area contributed by atoms with E-state index in [1.165, 1.54) is 0 Å². The highest BCUT2D eigenvalue weighted by atomic mass is 79.9. The van der Waals surface area contributed by atoms with Crippen LogP contribution in [-0.4, -0.2) is 0 Å². The summed E-state index contributed by atoms with van der Waals surface area (Å²) in [5.74, 6) is -0.357. The molecule has 0 amide bonds. The molecular weight excluding hydrogens is 209 g/mol. The van der Waals surface area contributed by atoms with Crippen LogP contribution in [0.1, 0.15) is 12.5 Å². The number of anilines is 1. The SMILES string of the molecule is CCc1ccc(Br)c(F)c1N. The van der Waals surface area contributed by atoms with Crippen molar-refractivity contribution in [3.8, 4) is 0 Å². The van der Waals surface area contributed by atoms with Gasteiger partial charge in [0, 0.05) is 0 Å². The van der Waals surface area contributed by atoms with E-state index in [1.807, 2.05) is 13.0 Å². The Bertz CT molecular complexity index is 273. The number of nitrogen functional groups attached to an aromatic ring is 1. The summed E-state index contributed by atoms with van der Waals surface area (Å²) in [6.45, 7) is 1.94. The summed E-state index contributed by atoms with van der Waals surface area (Å²) in [5, 5.41) is 0. The second-order valence-electron chi connectivity index (χ2n) is 2.29. The molecule has 0 unspecified atom stereocenters. The molecular formula is C8H9BrFN. The summed E-state index contributed by atoms with van der Waals surface area (Å²) in [6, 6.07) is 3.49. The van der Waals surface area contributed by atoms with Crippen molar-refractivity contribution in [2.45, 2.75) is 13.3 Å². The first-order chi connectivity index (χ1) is 5.16. The molecule has 0 radical (unpaired) electrons. The monoisotopic (exact) mass is 217 g/mol. The lowest BCUT2D eigenvalue weighted by Gasteiger charge is -2.04. The summed E-state index contributed by atoms with van der Waals surface area (Å²) in [4.78, 5) is 0. The standard InChI is InChI=1S/C8H9BrFN/c1-2-5-3-4-6(9)7(10)8(5)11/h3-4H,2,11H2,1H3. The van der Waals surface area contributed by atoms with E-state index in [4.69, 9.17) is 5.73 Å². The molecule has 0 spiro atoms. The summed E-state index contributed by atoms with van der Waals surface area (Å²) < 4.78 is 13.4. The molecule has 0 atom stereocenters. The third-order valence-electron chi connectivity index (χ3n) is 1.60. The van der Waals surface area contributed by atoms with Gasteiger partial charge in [0.15, 0.2) is 5.82 Å². The number of aryl methyl sites for hydroxylation is 1. The predicted molar refractivity (Wildman–Crippen MR) is 47.9 cm³/mol. The lowest BCUT2D eigenvalue weighted by molar-refractivity contribution is 0.624. The van der Waals surface area contributed by atoms with Crippen LogP contribution in [0.2, 0.25) is 0 Å². The van der Waals surface area contributed by atoms with Crippen LogP contribution < -0.4 is 5.73 Å². The molecule has 1 rings (SSSR count). The minimum absolute atomic E-state index is 0.252. The van der Waals surface area contributed by atoms with Crippen molar-refractivity contribution in [3.05, 3.63) is 28.0 Å². The first kappa shape index (κ1) is 8.53. The molecule has 0 aliphatic rings. The summed E-state index contributed by atoms with van der Waals surface area (Å²) in [5.41, 5.74) is 6.59. The van der Waals surface area contributed by atoms with Gasteiger partial charge in [0.05, 0.1) is 10.2 Å². The normalized spacial score (nSPS) is 10.1. The molecule has 0 saturated carbocycles. The fourth-order valence-electron chi connectivity index (χ4n) is 0.915. The second kappa shape index (κ2) is 3.22. The van der Waals surface area contributed by atoms with Crippen LogP contribution in [0.4, 0.5) is 10.1 Å². The van der Waals surface area contributed by atoms with E-state index >= 15 is 0 Å². The third-order valence-corrected chi connectivity index (χ3v) is 2.22. The van der Waals surface area contributed by atoms with Crippen molar-refractivity contribution < 1.29 is 4.39 Å². The second-order valence-corrected chi connectivity index (χ2v) is 3.14. The summed E-state index contributed by atoms with van der Waals surface area (Å²) in [6.07, 6.45) is 0.760. The van der Waals surface area contributed by atoms with E-state index in [1.54, 1.807) is 6.07 Å². The topological polar surface area (TPSA) is 26.0 Å². The Balaban J connectivity index is 3.25. The van der Waals surface area contributed by atoms with Gasteiger partial charge in [-0.25, -0.2) is 4.39 Å². The molecule has 0 aromatic heterocycles. The van der Waals surface area contributed by atoms with Crippen molar-refractivity contribution in [2.24, 2.45) is 0 Å². The zero-order valence-corrected chi connectivity index (χ0v) is 7.78. The van der Waals surface area contributed by atoms with E-state index in [0.717, 1.165) is 12.0 Å². The Kier molecular flexibility index (Phi) is 2.49. The van der Waals surface area contributed by atoms with Crippen LogP contribution in [0.3, 0.4) is 0 Å². The zero-order valence-electron chi connectivity index (χ0n) is 6.20. The molecule has 1 nitrogen and oxygen atoms in total. The van der Waals surface area contributed by atoms with E-state index in [0.29, 0.717) is 4.47 Å². The number of benzene rings is 1. The third kappa shape index (κ3) is 1.53. The molecule has 1 aromatic carbocycles. The highest BCUT2D eigenvalue weighted by Gasteiger charge is 2.06. The Labute approximate surface area is 73.5 Å². The maximum absolute atomic E-state index is 13.0. The molecule has 0 aliphatic heterocycles. The smallest absolute Gasteiger partial charge is 0.160 e. The van der Waals surface area contributed by atoms with Gasteiger partial charge in [-0.2, -0.15) is 0 Å². The highest BCUT2D eigenvalue weighted by Crippen LogP contribution is 2.24. The van der Waals surface area contributed by atoms with E-state index in [-0.39, 0.29) is 11.5 Å². The van der Waals surface area contributed by atoms with Crippen molar-refractivity contribution in [3.63, 3.8) is 0 Å². The van der Waals surface area contributed by atoms with Gasteiger partial charge in [0.1, 0.15) is 0 Å². The summed E-state index contributed by atoms with van der Waals surface area (Å²) in [7, 11) is 0. The van der Waals surface area contributed by atoms with E-state index in [9.17, 15) is 4.39 Å². The molecule has 2 N–H and O–H groups in total. The lowest BCUT2D eigenvalue weighted by atomic mass is 10.1. The maximum atomic E-state index is 13.0. The van der Waals surface area contributed by atoms with Gasteiger partial charge in [0.2, 0.25) is 0 Å². The van der Waals surface area contributed by atoms with Crippen molar-refractivity contribution in [1.82, 2.24) is 0 Å². The van der Waals surface area contributed by atoms with E-state index in [2.05, 4.69) is 15.9 Å². The average molecular weight is 218 g/mol. The Morgan fingerprint density at radius 1 is 1.55 bits per heavy atom. The van der Waals surface area contributed by atoms with Crippen LogP contribution in [0, 0.1) is 5.82 Å². The molecule has 3 heteroatoms. The minimum atomic E-state index is -0.357. The molecule has 0 heterocycles. The van der Waals surface area contributed by atoms with E-state index < -0.39 is 0 Å². The Morgan fingerprint density at radius 3 is 2.73 bits per heavy atom. The quantitative estimate of drug-likeness (QED) is 0.720.